The molecule has 0 bridgehead atoms. The Morgan fingerprint density at radius 1 is 1.56 bits per heavy atom. The van der Waals surface area contributed by atoms with Crippen LogP contribution < -0.4 is 16.5 Å². The molecule has 5 nitrogen and oxygen atoms in total. The lowest BCUT2D eigenvalue weighted by molar-refractivity contribution is 0.0902. The van der Waals surface area contributed by atoms with E-state index in [0.29, 0.717) is 0 Å². The van der Waals surface area contributed by atoms with Crippen LogP contribution in [0.3, 0.4) is 0 Å². The minimum absolute atomic E-state index is 0.0937. The van der Waals surface area contributed by atoms with Crippen LogP contribution in [-0.2, 0) is 0 Å². The highest BCUT2D eigenvalue weighted by molar-refractivity contribution is 5.94. The summed E-state index contributed by atoms with van der Waals surface area (Å²) in [6, 6.07) is 1.10. The van der Waals surface area contributed by atoms with Gasteiger partial charge in [-0.1, -0.05) is 0 Å². The van der Waals surface area contributed by atoms with Crippen molar-refractivity contribution in [1.29, 1.82) is 0 Å². The van der Waals surface area contributed by atoms with E-state index in [1.165, 1.54) is 18.5 Å². The van der Waals surface area contributed by atoms with Crippen LogP contribution in [0.15, 0.2) is 23.3 Å². The number of nitrogens with two attached hydrogens (primary N) is 1. The molecule has 0 saturated heterocycles. The van der Waals surface area contributed by atoms with Gasteiger partial charge in [0.25, 0.3) is 5.91 Å². The highest BCUT2D eigenvalue weighted by atomic mass is 16.2. The number of aromatic nitrogens is 1. The van der Waals surface area contributed by atoms with E-state index in [-0.39, 0.29) is 17.0 Å². The Bertz CT molecular complexity index is 435. The second-order valence-electron chi connectivity index (χ2n) is 4.39. The molecule has 1 rings (SSSR count). The van der Waals surface area contributed by atoms with Gasteiger partial charge in [-0.15, -0.1) is 0 Å². The van der Waals surface area contributed by atoms with Crippen molar-refractivity contribution in [3.63, 3.8) is 0 Å². The molecule has 1 amide bonds. The predicted molar refractivity (Wildman–Crippen MR) is 62.3 cm³/mol. The SMILES string of the molecule is CC(N)C(C)(C)NC(=O)c1c[nH]ccc1=O. The molecule has 0 aliphatic carbocycles. The third kappa shape index (κ3) is 2.70. The highest BCUT2D eigenvalue weighted by Crippen LogP contribution is 2.07. The molecule has 0 radical (unpaired) electrons. The summed E-state index contributed by atoms with van der Waals surface area (Å²) in [6.07, 6.45) is 2.87. The van der Waals surface area contributed by atoms with Gasteiger partial charge in [0.15, 0.2) is 5.43 Å². The fourth-order valence-corrected chi connectivity index (χ4v) is 1.07. The average Bonchev–Trinajstić information content (AvgIpc) is 2.17. The molecule has 0 fully saturated rings. The quantitative estimate of drug-likeness (QED) is 0.685. The first-order chi connectivity index (χ1) is 7.34. The van der Waals surface area contributed by atoms with Gasteiger partial charge in [0, 0.05) is 30.0 Å². The summed E-state index contributed by atoms with van der Waals surface area (Å²) >= 11 is 0. The van der Waals surface area contributed by atoms with Crippen LogP contribution in [0.1, 0.15) is 31.1 Å². The van der Waals surface area contributed by atoms with E-state index in [0.717, 1.165) is 0 Å². The number of aromatic amines is 1. The number of hydrogen-bond donors (Lipinski definition) is 3. The normalized spacial score (nSPS) is 13.2. The maximum absolute atomic E-state index is 11.8. The molecule has 0 aromatic carbocycles. The number of amides is 1. The lowest BCUT2D eigenvalue weighted by atomic mass is 9.96. The minimum Gasteiger partial charge on any atom is -0.367 e. The van der Waals surface area contributed by atoms with E-state index in [4.69, 9.17) is 5.73 Å². The first-order valence-corrected chi connectivity index (χ1v) is 5.10. The zero-order chi connectivity index (χ0) is 12.3. The maximum atomic E-state index is 11.8. The van der Waals surface area contributed by atoms with Crippen molar-refractivity contribution in [3.8, 4) is 0 Å². The summed E-state index contributed by atoms with van der Waals surface area (Å²) in [4.78, 5) is 25.9. The predicted octanol–water partition coefficient (Wildman–Crippen LogP) is 0.230. The van der Waals surface area contributed by atoms with Crippen molar-refractivity contribution in [3.05, 3.63) is 34.2 Å². The lowest BCUT2D eigenvalue weighted by Gasteiger charge is -2.30. The van der Waals surface area contributed by atoms with E-state index in [9.17, 15) is 9.59 Å². The number of carbonyl (C=O) groups excluding carboxylic acids is 1. The van der Waals surface area contributed by atoms with Crippen LogP contribution >= 0.6 is 0 Å². The first-order valence-electron chi connectivity index (χ1n) is 5.10. The van der Waals surface area contributed by atoms with Crippen LogP contribution in [0.4, 0.5) is 0 Å². The van der Waals surface area contributed by atoms with E-state index in [2.05, 4.69) is 10.3 Å². The van der Waals surface area contributed by atoms with Gasteiger partial charge in [-0.25, -0.2) is 0 Å². The largest absolute Gasteiger partial charge is 0.367 e. The molecular formula is C11H17N3O2. The molecule has 1 unspecified atom stereocenters. The number of H-pyrrole nitrogens is 1. The molecular weight excluding hydrogens is 206 g/mol. The van der Waals surface area contributed by atoms with Crippen LogP contribution in [0.25, 0.3) is 0 Å². The van der Waals surface area contributed by atoms with Gasteiger partial charge in [-0.2, -0.15) is 0 Å². The van der Waals surface area contributed by atoms with Crippen molar-refractivity contribution in [2.75, 3.05) is 0 Å². The Kier molecular flexibility index (Phi) is 3.49. The Hall–Kier alpha value is -1.62. The molecule has 16 heavy (non-hydrogen) atoms. The lowest BCUT2D eigenvalue weighted by Crippen LogP contribution is -2.55. The fourth-order valence-electron chi connectivity index (χ4n) is 1.07. The van der Waals surface area contributed by atoms with Crippen molar-refractivity contribution in [1.82, 2.24) is 10.3 Å². The van der Waals surface area contributed by atoms with E-state index < -0.39 is 11.4 Å². The number of rotatable bonds is 3. The Morgan fingerprint density at radius 2 is 2.19 bits per heavy atom. The van der Waals surface area contributed by atoms with E-state index in [1.54, 1.807) is 6.92 Å². The molecule has 1 aromatic rings. The van der Waals surface area contributed by atoms with Crippen LogP contribution in [0, 0.1) is 0 Å². The molecule has 0 aliphatic heterocycles. The summed E-state index contributed by atoms with van der Waals surface area (Å²) < 4.78 is 0. The van der Waals surface area contributed by atoms with Crippen molar-refractivity contribution >= 4 is 5.91 Å². The molecule has 1 aromatic heterocycles. The van der Waals surface area contributed by atoms with Gasteiger partial charge < -0.3 is 16.0 Å². The third-order valence-corrected chi connectivity index (χ3v) is 2.64. The molecule has 4 N–H and O–H groups in total. The van der Waals surface area contributed by atoms with Gasteiger partial charge in [-0.05, 0) is 20.8 Å². The van der Waals surface area contributed by atoms with Gasteiger partial charge in [0.2, 0.25) is 0 Å². The third-order valence-electron chi connectivity index (χ3n) is 2.64. The van der Waals surface area contributed by atoms with Gasteiger partial charge in [0.05, 0.1) is 0 Å². The summed E-state index contributed by atoms with van der Waals surface area (Å²) in [5.41, 5.74) is 4.96. The maximum Gasteiger partial charge on any atom is 0.257 e. The molecule has 1 atom stereocenters. The molecule has 5 heteroatoms. The molecule has 0 aliphatic rings. The molecule has 88 valence electrons. The van der Waals surface area contributed by atoms with Gasteiger partial charge >= 0.3 is 0 Å². The summed E-state index contributed by atoms with van der Waals surface area (Å²) in [7, 11) is 0. The number of carbonyl (C=O) groups is 1. The average molecular weight is 223 g/mol. The standard InChI is InChI=1S/C11H17N3O2/c1-7(12)11(2,3)14-10(16)8-6-13-5-4-9(8)15/h4-7H,12H2,1-3H3,(H,13,15)(H,14,16). The molecule has 0 saturated carbocycles. The Balaban J connectivity index is 2.90. The summed E-state index contributed by atoms with van der Waals surface area (Å²) in [5, 5.41) is 2.73. The molecule has 1 heterocycles. The fraction of sp³-hybridized carbons (Fsp3) is 0.455. The van der Waals surface area contributed by atoms with E-state index in [1.807, 2.05) is 13.8 Å². The first kappa shape index (κ1) is 12.4. The zero-order valence-electron chi connectivity index (χ0n) is 9.70. The number of hydrogen-bond acceptors (Lipinski definition) is 3. The smallest absolute Gasteiger partial charge is 0.257 e. The van der Waals surface area contributed by atoms with Crippen LogP contribution in [0.5, 0.6) is 0 Å². The second kappa shape index (κ2) is 4.49. The molecule has 0 spiro atoms. The highest BCUT2D eigenvalue weighted by Gasteiger charge is 2.26. The van der Waals surface area contributed by atoms with Gasteiger partial charge in [-0.3, -0.25) is 9.59 Å². The van der Waals surface area contributed by atoms with Gasteiger partial charge in [0.1, 0.15) is 5.56 Å². The Morgan fingerprint density at radius 3 is 2.69 bits per heavy atom. The van der Waals surface area contributed by atoms with Crippen LogP contribution in [-0.4, -0.2) is 22.5 Å². The van der Waals surface area contributed by atoms with Crippen molar-refractivity contribution in [2.24, 2.45) is 5.73 Å². The van der Waals surface area contributed by atoms with Crippen LogP contribution in [0.2, 0.25) is 0 Å². The number of pyridine rings is 1. The van der Waals surface area contributed by atoms with Crippen molar-refractivity contribution in [2.45, 2.75) is 32.4 Å². The van der Waals surface area contributed by atoms with E-state index >= 15 is 0 Å². The topological polar surface area (TPSA) is 88.0 Å². The monoisotopic (exact) mass is 223 g/mol. The second-order valence-corrected chi connectivity index (χ2v) is 4.39. The van der Waals surface area contributed by atoms with Crippen molar-refractivity contribution < 1.29 is 4.79 Å². The zero-order valence-corrected chi connectivity index (χ0v) is 9.70. The minimum atomic E-state index is -0.556. The number of nitrogens with one attached hydrogen (secondary N) is 2. The summed E-state index contributed by atoms with van der Waals surface area (Å²) in [5.74, 6) is -0.413. The summed E-state index contributed by atoms with van der Waals surface area (Å²) in [6.45, 7) is 5.43. The Labute approximate surface area is 94.1 Å².